The van der Waals surface area contributed by atoms with Gasteiger partial charge >= 0.3 is 5.97 Å². The molecule has 3 heteroatoms. The Bertz CT molecular complexity index is 368. The van der Waals surface area contributed by atoms with Crippen LogP contribution in [0.3, 0.4) is 0 Å². The van der Waals surface area contributed by atoms with Crippen molar-refractivity contribution in [2.24, 2.45) is 0 Å². The topological polar surface area (TPSA) is 52.3 Å². The minimum absolute atomic E-state index is 0.222. The highest BCUT2D eigenvalue weighted by Gasteiger charge is 2.05. The van der Waals surface area contributed by atoms with Crippen LogP contribution in [0, 0.1) is 0 Å². The molecule has 0 unspecified atom stereocenters. The minimum atomic E-state index is -0.325. The van der Waals surface area contributed by atoms with E-state index >= 15 is 0 Å². The van der Waals surface area contributed by atoms with Crippen LogP contribution in [0.25, 0.3) is 0 Å². The van der Waals surface area contributed by atoms with Crippen molar-refractivity contribution in [1.82, 2.24) is 0 Å². The van der Waals surface area contributed by atoms with Crippen LogP contribution in [0.2, 0.25) is 0 Å². The van der Waals surface area contributed by atoms with Gasteiger partial charge in [-0.3, -0.25) is 0 Å². The van der Waals surface area contributed by atoms with Gasteiger partial charge in [0.1, 0.15) is 0 Å². The molecule has 0 saturated carbocycles. The molecule has 0 aliphatic heterocycles. The smallest absolute Gasteiger partial charge is 0.330 e. The van der Waals surface area contributed by atoms with E-state index in [-0.39, 0.29) is 11.9 Å². The number of esters is 1. The average molecular weight is 219 g/mol. The number of nitrogen functional groups attached to an aromatic ring is 1. The van der Waals surface area contributed by atoms with Crippen molar-refractivity contribution in [3.8, 4) is 0 Å². The summed E-state index contributed by atoms with van der Waals surface area (Å²) >= 11 is 0. The van der Waals surface area contributed by atoms with Gasteiger partial charge in [-0.2, -0.15) is 0 Å². The van der Waals surface area contributed by atoms with Crippen LogP contribution in [0.5, 0.6) is 0 Å². The Kier molecular flexibility index (Phi) is 4.58. The monoisotopic (exact) mass is 219 g/mol. The minimum Gasteiger partial charge on any atom is -0.466 e. The molecule has 0 spiro atoms. The normalized spacial score (nSPS) is 12.6. The SMILES string of the molecule is CC[C@H](/C=C/C(=O)OC)c1ccc(N)cc1. The van der Waals surface area contributed by atoms with E-state index in [0.717, 1.165) is 17.7 Å². The highest BCUT2D eigenvalue weighted by Crippen LogP contribution is 2.21. The van der Waals surface area contributed by atoms with Gasteiger partial charge in [-0.15, -0.1) is 0 Å². The molecule has 1 atom stereocenters. The molecule has 0 aliphatic carbocycles. The lowest BCUT2D eigenvalue weighted by atomic mass is 9.96. The predicted octanol–water partition coefficient (Wildman–Crippen LogP) is 2.49. The highest BCUT2D eigenvalue weighted by atomic mass is 16.5. The number of hydrogen-bond acceptors (Lipinski definition) is 3. The summed E-state index contributed by atoms with van der Waals surface area (Å²) in [5.74, 6) is -0.103. The fourth-order valence-corrected chi connectivity index (χ4v) is 1.49. The zero-order valence-electron chi connectivity index (χ0n) is 9.64. The van der Waals surface area contributed by atoms with E-state index in [4.69, 9.17) is 5.73 Å². The van der Waals surface area contributed by atoms with Gasteiger partial charge in [-0.1, -0.05) is 25.1 Å². The molecule has 86 valence electrons. The molecular weight excluding hydrogens is 202 g/mol. The maximum atomic E-state index is 11.0. The Hall–Kier alpha value is -1.77. The van der Waals surface area contributed by atoms with Crippen molar-refractivity contribution in [2.75, 3.05) is 12.8 Å². The summed E-state index contributed by atoms with van der Waals surface area (Å²) in [5.41, 5.74) is 7.52. The zero-order chi connectivity index (χ0) is 12.0. The first kappa shape index (κ1) is 12.3. The fourth-order valence-electron chi connectivity index (χ4n) is 1.49. The van der Waals surface area contributed by atoms with Crippen molar-refractivity contribution in [1.29, 1.82) is 0 Å². The van der Waals surface area contributed by atoms with Gasteiger partial charge in [0.2, 0.25) is 0 Å². The van der Waals surface area contributed by atoms with Crippen LogP contribution in [-0.2, 0) is 9.53 Å². The van der Waals surface area contributed by atoms with E-state index in [2.05, 4.69) is 11.7 Å². The van der Waals surface area contributed by atoms with E-state index in [9.17, 15) is 4.79 Å². The van der Waals surface area contributed by atoms with E-state index in [1.165, 1.54) is 13.2 Å². The Morgan fingerprint density at radius 3 is 2.56 bits per heavy atom. The molecule has 0 fully saturated rings. The van der Waals surface area contributed by atoms with Gasteiger partial charge in [-0.05, 0) is 24.1 Å². The van der Waals surface area contributed by atoms with Crippen molar-refractivity contribution in [3.05, 3.63) is 42.0 Å². The Morgan fingerprint density at radius 1 is 1.44 bits per heavy atom. The molecule has 2 N–H and O–H groups in total. The van der Waals surface area contributed by atoms with Crippen LogP contribution in [0.4, 0.5) is 5.69 Å². The van der Waals surface area contributed by atoms with Crippen molar-refractivity contribution in [3.63, 3.8) is 0 Å². The molecule has 16 heavy (non-hydrogen) atoms. The van der Waals surface area contributed by atoms with Crippen LogP contribution in [0.15, 0.2) is 36.4 Å². The second kappa shape index (κ2) is 5.95. The average Bonchev–Trinajstić information content (AvgIpc) is 2.31. The first-order valence-corrected chi connectivity index (χ1v) is 5.29. The van der Waals surface area contributed by atoms with E-state index in [1.807, 2.05) is 30.3 Å². The number of allylic oxidation sites excluding steroid dienone is 1. The molecule has 0 bridgehead atoms. The van der Waals surface area contributed by atoms with E-state index in [0.29, 0.717) is 0 Å². The third-order valence-corrected chi connectivity index (χ3v) is 2.47. The third-order valence-electron chi connectivity index (χ3n) is 2.47. The van der Waals surface area contributed by atoms with Crippen molar-refractivity contribution in [2.45, 2.75) is 19.3 Å². The van der Waals surface area contributed by atoms with E-state index < -0.39 is 0 Å². The molecule has 1 aromatic rings. The van der Waals surface area contributed by atoms with Gasteiger partial charge in [-0.25, -0.2) is 4.79 Å². The fraction of sp³-hybridized carbons (Fsp3) is 0.308. The van der Waals surface area contributed by atoms with Gasteiger partial charge in [0.05, 0.1) is 7.11 Å². The Labute approximate surface area is 95.9 Å². The number of rotatable bonds is 4. The number of benzene rings is 1. The van der Waals surface area contributed by atoms with Crippen molar-refractivity contribution >= 4 is 11.7 Å². The van der Waals surface area contributed by atoms with E-state index in [1.54, 1.807) is 0 Å². The first-order valence-electron chi connectivity index (χ1n) is 5.29. The largest absolute Gasteiger partial charge is 0.466 e. The molecule has 1 rings (SSSR count). The first-order chi connectivity index (χ1) is 7.67. The van der Waals surface area contributed by atoms with Gasteiger partial charge in [0.25, 0.3) is 0 Å². The molecule has 1 aromatic carbocycles. The van der Waals surface area contributed by atoms with Crippen LogP contribution >= 0.6 is 0 Å². The number of carbonyl (C=O) groups is 1. The quantitative estimate of drug-likeness (QED) is 0.481. The highest BCUT2D eigenvalue weighted by molar-refractivity contribution is 5.81. The van der Waals surface area contributed by atoms with Gasteiger partial charge in [0.15, 0.2) is 0 Å². The lowest BCUT2D eigenvalue weighted by molar-refractivity contribution is -0.134. The summed E-state index contributed by atoms with van der Waals surface area (Å²) in [6, 6.07) is 7.68. The number of ether oxygens (including phenoxy) is 1. The van der Waals surface area contributed by atoms with Crippen LogP contribution in [0.1, 0.15) is 24.8 Å². The summed E-state index contributed by atoms with van der Waals surface area (Å²) in [4.78, 5) is 11.0. The third kappa shape index (κ3) is 3.42. The van der Waals surface area contributed by atoms with Crippen LogP contribution < -0.4 is 5.73 Å². The second-order valence-corrected chi connectivity index (χ2v) is 3.56. The van der Waals surface area contributed by atoms with Crippen molar-refractivity contribution < 1.29 is 9.53 Å². The standard InChI is InChI=1S/C13H17NO2/c1-3-10(6-9-13(15)16-2)11-4-7-12(14)8-5-11/h4-10H,3,14H2,1-2H3/b9-6+/t10-/m1/s1. The van der Waals surface area contributed by atoms with Crippen LogP contribution in [-0.4, -0.2) is 13.1 Å². The Balaban J connectivity index is 2.78. The second-order valence-electron chi connectivity index (χ2n) is 3.56. The molecule has 0 aliphatic rings. The van der Waals surface area contributed by atoms with Gasteiger partial charge < -0.3 is 10.5 Å². The predicted molar refractivity (Wildman–Crippen MR) is 65.0 cm³/mol. The maximum absolute atomic E-state index is 11.0. The number of hydrogen-bond donors (Lipinski definition) is 1. The molecule has 3 nitrogen and oxygen atoms in total. The summed E-state index contributed by atoms with van der Waals surface area (Å²) in [6.07, 6.45) is 4.25. The summed E-state index contributed by atoms with van der Waals surface area (Å²) < 4.78 is 4.55. The van der Waals surface area contributed by atoms with Gasteiger partial charge in [0, 0.05) is 17.7 Å². The maximum Gasteiger partial charge on any atom is 0.330 e. The summed E-state index contributed by atoms with van der Waals surface area (Å²) in [6.45, 7) is 2.07. The number of anilines is 1. The summed E-state index contributed by atoms with van der Waals surface area (Å²) in [7, 11) is 1.37. The molecule has 0 radical (unpaired) electrons. The Morgan fingerprint density at radius 2 is 2.06 bits per heavy atom. The number of nitrogens with two attached hydrogens (primary N) is 1. The lowest BCUT2D eigenvalue weighted by Gasteiger charge is -2.10. The molecular formula is C13H17NO2. The summed E-state index contributed by atoms with van der Waals surface area (Å²) in [5, 5.41) is 0. The molecule has 0 amide bonds. The number of carbonyl (C=O) groups excluding carboxylic acids is 1. The number of methoxy groups -OCH3 is 1. The molecule has 0 saturated heterocycles. The lowest BCUT2D eigenvalue weighted by Crippen LogP contribution is -1.98. The molecule has 0 heterocycles. The molecule has 0 aromatic heterocycles. The zero-order valence-corrected chi connectivity index (χ0v) is 9.64.